The monoisotopic (exact) mass is 513 g/mol. The van der Waals surface area contributed by atoms with Gasteiger partial charge in [0, 0.05) is 22.1 Å². The van der Waals surface area contributed by atoms with E-state index in [2.05, 4.69) is 15.5 Å². The van der Waals surface area contributed by atoms with Crippen LogP contribution in [0.25, 0.3) is 0 Å². The van der Waals surface area contributed by atoms with Gasteiger partial charge in [-0.2, -0.15) is 0 Å². The summed E-state index contributed by atoms with van der Waals surface area (Å²) in [6, 6.07) is 29.1. The number of nitrogens with one attached hydrogen (secondary N) is 1. The van der Waals surface area contributed by atoms with E-state index in [-0.39, 0.29) is 16.5 Å². The molecule has 1 amide bonds. The minimum absolute atomic E-state index is 0.0133. The lowest BCUT2D eigenvalue weighted by Gasteiger charge is -2.33. The van der Waals surface area contributed by atoms with E-state index in [0.29, 0.717) is 6.29 Å². The molecule has 0 radical (unpaired) electrons. The quantitative estimate of drug-likeness (QED) is 0.127. The molecule has 0 atom stereocenters. The number of anilines is 1. The zero-order valence-electron chi connectivity index (χ0n) is 20.8. The van der Waals surface area contributed by atoms with Gasteiger partial charge in [-0.15, -0.1) is 11.3 Å². The SMILES string of the molecule is CC(C)(C)OC(=O)Nc1nc(C(C=O)=NOC(c2ccccc2)(c2ccccc2)c2ccccc2)cs1. The highest BCUT2D eigenvalue weighted by Gasteiger charge is 2.39. The number of hydrogen-bond acceptors (Lipinski definition) is 7. The van der Waals surface area contributed by atoms with Gasteiger partial charge in [0.2, 0.25) is 5.60 Å². The first-order valence-corrected chi connectivity index (χ1v) is 12.5. The average Bonchev–Trinajstić information content (AvgIpc) is 3.35. The van der Waals surface area contributed by atoms with E-state index in [9.17, 15) is 9.59 Å². The maximum absolute atomic E-state index is 12.1. The van der Waals surface area contributed by atoms with Crippen LogP contribution in [0, 0.1) is 0 Å². The fraction of sp³-hybridized carbons (Fsp3) is 0.172. The van der Waals surface area contributed by atoms with E-state index < -0.39 is 17.3 Å². The molecule has 1 aromatic heterocycles. The van der Waals surface area contributed by atoms with Crippen molar-refractivity contribution in [2.24, 2.45) is 5.16 Å². The molecule has 0 aliphatic carbocycles. The molecule has 0 spiro atoms. The first-order chi connectivity index (χ1) is 17.8. The Morgan fingerprint density at radius 1 is 0.865 bits per heavy atom. The molecule has 188 valence electrons. The highest BCUT2D eigenvalue weighted by Crippen LogP contribution is 2.40. The number of benzene rings is 3. The second-order valence-electron chi connectivity index (χ2n) is 9.13. The van der Waals surface area contributed by atoms with Crippen molar-refractivity contribution in [2.45, 2.75) is 32.0 Å². The molecular weight excluding hydrogens is 486 g/mol. The van der Waals surface area contributed by atoms with Gasteiger partial charge in [-0.05, 0) is 20.8 Å². The predicted molar refractivity (Wildman–Crippen MR) is 145 cm³/mol. The molecule has 0 saturated carbocycles. The van der Waals surface area contributed by atoms with Gasteiger partial charge < -0.3 is 9.57 Å². The van der Waals surface area contributed by atoms with E-state index in [1.165, 1.54) is 0 Å². The molecule has 0 saturated heterocycles. The summed E-state index contributed by atoms with van der Waals surface area (Å²) in [6.07, 6.45) is -0.0524. The average molecular weight is 514 g/mol. The van der Waals surface area contributed by atoms with E-state index in [1.54, 1.807) is 26.2 Å². The lowest BCUT2D eigenvalue weighted by molar-refractivity contribution is -0.103. The highest BCUT2D eigenvalue weighted by atomic mass is 32.1. The van der Waals surface area contributed by atoms with Crippen molar-refractivity contribution in [1.82, 2.24) is 4.98 Å². The lowest BCUT2D eigenvalue weighted by atomic mass is 9.80. The van der Waals surface area contributed by atoms with Gasteiger partial charge in [0.1, 0.15) is 11.3 Å². The molecule has 1 N–H and O–H groups in total. The molecule has 0 bridgehead atoms. The summed E-state index contributed by atoms with van der Waals surface area (Å²) < 4.78 is 5.27. The Labute approximate surface area is 219 Å². The van der Waals surface area contributed by atoms with Crippen molar-refractivity contribution >= 4 is 34.6 Å². The van der Waals surface area contributed by atoms with Crippen LogP contribution >= 0.6 is 11.3 Å². The number of oxime groups is 1. The van der Waals surface area contributed by atoms with Crippen molar-refractivity contribution in [2.75, 3.05) is 5.32 Å². The molecule has 0 unspecified atom stereocenters. The Morgan fingerprint density at radius 3 is 1.78 bits per heavy atom. The van der Waals surface area contributed by atoms with Gasteiger partial charge in [-0.3, -0.25) is 10.1 Å². The maximum Gasteiger partial charge on any atom is 0.413 e. The minimum Gasteiger partial charge on any atom is -0.444 e. The number of carbonyl (C=O) groups is 2. The van der Waals surface area contributed by atoms with Gasteiger partial charge in [0.15, 0.2) is 17.1 Å². The van der Waals surface area contributed by atoms with Gasteiger partial charge in [-0.1, -0.05) is 96.2 Å². The third kappa shape index (κ3) is 6.10. The normalized spacial score (nSPS) is 12.0. The molecule has 3 aromatic carbocycles. The molecule has 8 heteroatoms. The van der Waals surface area contributed by atoms with E-state index in [0.717, 1.165) is 28.0 Å². The molecule has 4 rings (SSSR count). The smallest absolute Gasteiger partial charge is 0.413 e. The van der Waals surface area contributed by atoms with E-state index >= 15 is 0 Å². The number of aromatic nitrogens is 1. The molecule has 1 heterocycles. The van der Waals surface area contributed by atoms with Crippen LogP contribution in [0.5, 0.6) is 0 Å². The molecule has 7 nitrogen and oxygen atoms in total. The van der Waals surface area contributed by atoms with Crippen LogP contribution in [0.1, 0.15) is 43.2 Å². The van der Waals surface area contributed by atoms with E-state index in [1.807, 2.05) is 91.0 Å². The molecule has 0 fully saturated rings. The zero-order chi connectivity index (χ0) is 26.3. The van der Waals surface area contributed by atoms with Crippen LogP contribution in [-0.2, 0) is 20.0 Å². The lowest BCUT2D eigenvalue weighted by Crippen LogP contribution is -2.31. The summed E-state index contributed by atoms with van der Waals surface area (Å²) in [6.45, 7) is 5.31. The van der Waals surface area contributed by atoms with Crippen LogP contribution in [0.4, 0.5) is 9.93 Å². The number of thiazole rings is 1. The number of carbonyl (C=O) groups excluding carboxylic acids is 2. The number of nitrogens with zero attached hydrogens (tertiary/aromatic N) is 2. The Hall–Kier alpha value is -4.30. The van der Waals surface area contributed by atoms with Crippen molar-refractivity contribution < 1.29 is 19.2 Å². The Bertz CT molecular complexity index is 1270. The van der Waals surface area contributed by atoms with Crippen molar-refractivity contribution in [3.63, 3.8) is 0 Å². The van der Waals surface area contributed by atoms with Crippen molar-refractivity contribution in [3.05, 3.63) is 119 Å². The Balaban J connectivity index is 1.74. The molecule has 0 aliphatic rings. The second kappa shape index (κ2) is 11.2. The summed E-state index contributed by atoms with van der Waals surface area (Å²) in [7, 11) is 0. The summed E-state index contributed by atoms with van der Waals surface area (Å²) >= 11 is 1.15. The van der Waals surface area contributed by atoms with Crippen LogP contribution in [0.3, 0.4) is 0 Å². The summed E-state index contributed by atoms with van der Waals surface area (Å²) in [4.78, 5) is 34.9. The van der Waals surface area contributed by atoms with Crippen LogP contribution < -0.4 is 5.32 Å². The number of aldehydes is 1. The van der Waals surface area contributed by atoms with Gasteiger partial charge in [0.05, 0.1) is 0 Å². The molecular formula is C29H27N3O4S. The second-order valence-corrected chi connectivity index (χ2v) is 9.99. The van der Waals surface area contributed by atoms with Crippen molar-refractivity contribution in [1.29, 1.82) is 0 Å². The molecule has 37 heavy (non-hydrogen) atoms. The molecule has 0 aliphatic heterocycles. The van der Waals surface area contributed by atoms with Gasteiger partial charge in [-0.25, -0.2) is 9.78 Å². The summed E-state index contributed by atoms with van der Waals surface area (Å²) in [5, 5.41) is 8.80. The van der Waals surface area contributed by atoms with Gasteiger partial charge in [0.25, 0.3) is 0 Å². The number of hydrogen-bond donors (Lipinski definition) is 1. The zero-order valence-corrected chi connectivity index (χ0v) is 21.6. The van der Waals surface area contributed by atoms with Crippen LogP contribution in [0.15, 0.2) is 102 Å². The Kier molecular flexibility index (Phi) is 7.79. The number of amides is 1. The topological polar surface area (TPSA) is 89.9 Å². The summed E-state index contributed by atoms with van der Waals surface area (Å²) in [5.41, 5.74) is 0.995. The van der Waals surface area contributed by atoms with Crippen LogP contribution in [0.2, 0.25) is 0 Å². The third-order valence-corrected chi connectivity index (χ3v) is 6.07. The maximum atomic E-state index is 12.1. The first kappa shape index (κ1) is 25.8. The summed E-state index contributed by atoms with van der Waals surface area (Å²) in [5.74, 6) is 0. The third-order valence-electron chi connectivity index (χ3n) is 5.31. The minimum atomic E-state index is -1.13. The fourth-order valence-corrected chi connectivity index (χ4v) is 4.45. The first-order valence-electron chi connectivity index (χ1n) is 11.7. The Morgan fingerprint density at radius 2 is 1.35 bits per heavy atom. The van der Waals surface area contributed by atoms with Gasteiger partial charge >= 0.3 is 6.09 Å². The van der Waals surface area contributed by atoms with Crippen molar-refractivity contribution in [3.8, 4) is 0 Å². The standard InChI is InChI=1S/C29H27N3O4S/c1-28(2,3)35-27(34)31-26-30-25(20-37-26)24(19-33)32-36-29(21-13-7-4-8-14-21,22-15-9-5-10-16-22)23-17-11-6-12-18-23/h4-20H,1-3H3,(H,30,31,34). The fourth-order valence-electron chi connectivity index (χ4n) is 3.76. The van der Waals surface area contributed by atoms with Crippen LogP contribution in [-0.4, -0.2) is 28.7 Å². The number of rotatable bonds is 8. The predicted octanol–water partition coefficient (Wildman–Crippen LogP) is 6.40. The highest BCUT2D eigenvalue weighted by molar-refractivity contribution is 7.14. The largest absolute Gasteiger partial charge is 0.444 e. The molecule has 4 aromatic rings. The van der Waals surface area contributed by atoms with E-state index in [4.69, 9.17) is 9.57 Å². The number of ether oxygens (including phenoxy) is 1.